The standard InChI is InChI=1S/C24H19ClN2OS/c1-16-21(23(28)18-8-4-2-5-9-18)22(17-12-14-19(25)15-13-17)26-24(29)27(16)20-10-6-3-7-11-20/h2-15,22H,1H3,(H,26,29)/t22-/m1/s1. The van der Waals surface area contributed by atoms with Gasteiger partial charge in [0, 0.05) is 27.5 Å². The van der Waals surface area contributed by atoms with E-state index in [1.165, 1.54) is 0 Å². The van der Waals surface area contributed by atoms with Gasteiger partial charge in [-0.1, -0.05) is 72.3 Å². The molecule has 1 aliphatic heterocycles. The largest absolute Gasteiger partial charge is 0.351 e. The third-order valence-electron chi connectivity index (χ3n) is 4.98. The second kappa shape index (κ2) is 8.19. The molecule has 0 aliphatic carbocycles. The summed E-state index contributed by atoms with van der Waals surface area (Å²) in [5.41, 5.74) is 3.96. The van der Waals surface area contributed by atoms with Gasteiger partial charge in [0.25, 0.3) is 0 Å². The molecular formula is C24H19ClN2OS. The van der Waals surface area contributed by atoms with Crippen LogP contribution in [0, 0.1) is 0 Å². The Labute approximate surface area is 180 Å². The Morgan fingerprint density at radius 3 is 2.14 bits per heavy atom. The van der Waals surface area contributed by atoms with E-state index >= 15 is 0 Å². The monoisotopic (exact) mass is 418 g/mol. The van der Waals surface area contributed by atoms with E-state index in [1.54, 1.807) is 0 Å². The first-order chi connectivity index (χ1) is 14.1. The molecule has 1 atom stereocenters. The number of hydrogen-bond acceptors (Lipinski definition) is 2. The van der Waals surface area contributed by atoms with E-state index in [4.69, 9.17) is 23.8 Å². The highest BCUT2D eigenvalue weighted by atomic mass is 35.5. The van der Waals surface area contributed by atoms with E-state index in [0.29, 0.717) is 21.3 Å². The lowest BCUT2D eigenvalue weighted by Gasteiger charge is -2.38. The summed E-state index contributed by atoms with van der Waals surface area (Å²) in [6, 6.07) is 26.3. The van der Waals surface area contributed by atoms with Crippen LogP contribution in [0.1, 0.15) is 28.9 Å². The average molecular weight is 419 g/mol. The Hall–Kier alpha value is -2.95. The Morgan fingerprint density at radius 2 is 1.52 bits per heavy atom. The highest BCUT2D eigenvalue weighted by molar-refractivity contribution is 7.80. The normalized spacial score (nSPS) is 16.6. The van der Waals surface area contributed by atoms with Crippen LogP contribution in [0.25, 0.3) is 0 Å². The summed E-state index contributed by atoms with van der Waals surface area (Å²) >= 11 is 11.8. The van der Waals surface area contributed by atoms with Crippen LogP contribution >= 0.6 is 23.8 Å². The molecule has 0 fully saturated rings. The molecule has 0 unspecified atom stereocenters. The minimum Gasteiger partial charge on any atom is -0.351 e. The van der Waals surface area contributed by atoms with Gasteiger partial charge < -0.3 is 5.32 Å². The molecule has 4 rings (SSSR count). The predicted molar refractivity (Wildman–Crippen MR) is 122 cm³/mol. The summed E-state index contributed by atoms with van der Waals surface area (Å²) in [7, 11) is 0. The fourth-order valence-corrected chi connectivity index (χ4v) is 4.06. The van der Waals surface area contributed by atoms with Crippen molar-refractivity contribution in [1.82, 2.24) is 5.32 Å². The van der Waals surface area contributed by atoms with Gasteiger partial charge in [-0.25, -0.2) is 0 Å². The van der Waals surface area contributed by atoms with Gasteiger partial charge in [-0.15, -0.1) is 0 Å². The molecule has 0 radical (unpaired) electrons. The fraction of sp³-hybridized carbons (Fsp3) is 0.0833. The molecule has 0 bridgehead atoms. The van der Waals surface area contributed by atoms with Crippen LogP contribution in [-0.4, -0.2) is 10.9 Å². The van der Waals surface area contributed by atoms with Crippen molar-refractivity contribution < 1.29 is 4.79 Å². The van der Waals surface area contributed by atoms with Crippen LogP contribution < -0.4 is 10.2 Å². The minimum absolute atomic E-state index is 0.0287. The van der Waals surface area contributed by atoms with Gasteiger partial charge >= 0.3 is 0 Å². The first-order valence-electron chi connectivity index (χ1n) is 9.28. The van der Waals surface area contributed by atoms with Gasteiger partial charge in [-0.05, 0) is 49.0 Å². The van der Waals surface area contributed by atoms with Crippen LogP contribution in [0.5, 0.6) is 0 Å². The molecule has 3 aromatic rings. The van der Waals surface area contributed by atoms with E-state index in [1.807, 2.05) is 96.8 Å². The molecule has 5 heteroatoms. The predicted octanol–water partition coefficient (Wildman–Crippen LogP) is 5.93. The number of allylic oxidation sites excluding steroid dienone is 1. The molecule has 29 heavy (non-hydrogen) atoms. The zero-order chi connectivity index (χ0) is 20.4. The summed E-state index contributed by atoms with van der Waals surface area (Å²) in [5, 5.41) is 4.57. The number of thiocarbonyl (C=S) groups is 1. The van der Waals surface area contributed by atoms with Crippen molar-refractivity contribution in [2.24, 2.45) is 0 Å². The number of Topliss-reactive ketones (excluding diaryl/α,β-unsaturated/α-hetero) is 1. The Balaban J connectivity index is 1.88. The SMILES string of the molecule is CC1=C(C(=O)c2ccccc2)[C@@H](c2ccc(Cl)cc2)NC(=S)N1c1ccccc1. The molecule has 3 aromatic carbocycles. The number of nitrogens with one attached hydrogen (secondary N) is 1. The second-order valence-corrected chi connectivity index (χ2v) is 7.62. The maximum atomic E-state index is 13.6. The zero-order valence-corrected chi connectivity index (χ0v) is 17.4. The molecule has 0 aromatic heterocycles. The van der Waals surface area contributed by atoms with Gasteiger partial charge in [0.15, 0.2) is 10.9 Å². The van der Waals surface area contributed by atoms with Crippen molar-refractivity contribution in [3.63, 3.8) is 0 Å². The molecule has 0 saturated heterocycles. The highest BCUT2D eigenvalue weighted by Crippen LogP contribution is 2.35. The lowest BCUT2D eigenvalue weighted by Crippen LogP contribution is -2.47. The van der Waals surface area contributed by atoms with E-state index in [-0.39, 0.29) is 11.8 Å². The molecule has 3 nitrogen and oxygen atoms in total. The molecule has 144 valence electrons. The van der Waals surface area contributed by atoms with E-state index in [0.717, 1.165) is 16.9 Å². The number of halogens is 1. The third-order valence-corrected chi connectivity index (χ3v) is 5.54. The first kappa shape index (κ1) is 19.4. The van der Waals surface area contributed by atoms with Crippen LogP contribution in [0.4, 0.5) is 5.69 Å². The molecule has 0 spiro atoms. The molecule has 1 N–H and O–H groups in total. The fourth-order valence-electron chi connectivity index (χ4n) is 3.58. The zero-order valence-electron chi connectivity index (χ0n) is 15.8. The number of para-hydroxylation sites is 1. The van der Waals surface area contributed by atoms with Crippen LogP contribution in [0.15, 0.2) is 96.2 Å². The van der Waals surface area contributed by atoms with Crippen molar-refractivity contribution in [1.29, 1.82) is 0 Å². The van der Waals surface area contributed by atoms with Crippen LogP contribution in [-0.2, 0) is 0 Å². The smallest absolute Gasteiger partial charge is 0.193 e. The third kappa shape index (κ3) is 3.82. The average Bonchev–Trinajstić information content (AvgIpc) is 2.75. The molecule has 0 amide bonds. The summed E-state index contributed by atoms with van der Waals surface area (Å²) in [6.45, 7) is 1.94. The van der Waals surface area contributed by atoms with Gasteiger partial charge in [-0.2, -0.15) is 0 Å². The van der Waals surface area contributed by atoms with Gasteiger partial charge in [0.2, 0.25) is 0 Å². The highest BCUT2D eigenvalue weighted by Gasteiger charge is 2.34. The molecular weight excluding hydrogens is 400 g/mol. The van der Waals surface area contributed by atoms with Crippen molar-refractivity contribution in [3.05, 3.63) is 112 Å². The number of carbonyl (C=O) groups is 1. The van der Waals surface area contributed by atoms with Gasteiger partial charge in [-0.3, -0.25) is 9.69 Å². The summed E-state index contributed by atoms with van der Waals surface area (Å²) in [6.07, 6.45) is 0. The number of ketones is 1. The number of nitrogens with zero attached hydrogens (tertiary/aromatic N) is 1. The summed E-state index contributed by atoms with van der Waals surface area (Å²) in [5.74, 6) is -0.0287. The molecule has 1 aliphatic rings. The van der Waals surface area contributed by atoms with Crippen molar-refractivity contribution in [2.75, 3.05) is 4.90 Å². The lowest BCUT2D eigenvalue weighted by atomic mass is 9.89. The minimum atomic E-state index is -0.354. The van der Waals surface area contributed by atoms with Gasteiger partial charge in [0.05, 0.1) is 6.04 Å². The second-order valence-electron chi connectivity index (χ2n) is 6.80. The maximum absolute atomic E-state index is 13.6. The quantitative estimate of drug-likeness (QED) is 0.420. The number of benzene rings is 3. The Bertz CT molecular complexity index is 1080. The number of hydrogen-bond donors (Lipinski definition) is 1. The van der Waals surface area contributed by atoms with E-state index < -0.39 is 0 Å². The van der Waals surface area contributed by atoms with Crippen LogP contribution in [0.3, 0.4) is 0 Å². The van der Waals surface area contributed by atoms with E-state index in [9.17, 15) is 4.79 Å². The van der Waals surface area contributed by atoms with E-state index in [2.05, 4.69) is 5.32 Å². The summed E-state index contributed by atoms with van der Waals surface area (Å²) in [4.78, 5) is 15.5. The molecule has 0 saturated carbocycles. The number of carbonyl (C=O) groups excluding carboxylic acids is 1. The number of anilines is 1. The lowest BCUT2D eigenvalue weighted by molar-refractivity contribution is 0.102. The van der Waals surface area contributed by atoms with Gasteiger partial charge in [0.1, 0.15) is 0 Å². The van der Waals surface area contributed by atoms with Crippen molar-refractivity contribution >= 4 is 40.4 Å². The summed E-state index contributed by atoms with van der Waals surface area (Å²) < 4.78 is 0. The molecule has 1 heterocycles. The van der Waals surface area contributed by atoms with Crippen LogP contribution in [0.2, 0.25) is 5.02 Å². The van der Waals surface area contributed by atoms with Crippen molar-refractivity contribution in [3.8, 4) is 0 Å². The van der Waals surface area contributed by atoms with Crippen molar-refractivity contribution in [2.45, 2.75) is 13.0 Å². The Kier molecular flexibility index (Phi) is 5.47. The first-order valence-corrected chi connectivity index (χ1v) is 10.1. The number of rotatable bonds is 4. The maximum Gasteiger partial charge on any atom is 0.193 e. The Morgan fingerprint density at radius 1 is 0.931 bits per heavy atom. The topological polar surface area (TPSA) is 32.3 Å².